The fourth-order valence-corrected chi connectivity index (χ4v) is 10.4. The fourth-order valence-electron chi connectivity index (χ4n) is 10.4. The average Bonchev–Trinajstić information content (AvgIpc) is 3.96. The molecule has 1 unspecified atom stereocenters. The van der Waals surface area contributed by atoms with Gasteiger partial charge in [-0.3, -0.25) is 0 Å². The summed E-state index contributed by atoms with van der Waals surface area (Å²) in [6.07, 6.45) is 0. The molecule has 11 aromatic rings. The van der Waals surface area contributed by atoms with Crippen LogP contribution < -0.4 is 0 Å². The standard InChI is InChI=1S/C57H34N2O/c1-2-15-36(16-3-1)56-58-50(34-51(59-56)39-28-30-43-42-20-8-11-27-52(42)60-53(43)33-39)38-18-12-17-37(32-38)41-23-13-26-48-55(41)45-22-7-10-25-47(45)57(48)46-24-9-6-21-44(46)54-40-19-5-4-14-35(40)29-31-49(54)57/h1-34H. The van der Waals surface area contributed by atoms with Crippen molar-refractivity contribution in [3.63, 3.8) is 0 Å². The lowest BCUT2D eigenvalue weighted by atomic mass is 9.70. The molecule has 0 N–H and O–H groups in total. The maximum absolute atomic E-state index is 6.32. The first-order valence-corrected chi connectivity index (χ1v) is 20.6. The van der Waals surface area contributed by atoms with E-state index in [0.717, 1.165) is 55.6 Å². The molecule has 3 heteroatoms. The van der Waals surface area contributed by atoms with Crippen LogP contribution in [0.5, 0.6) is 0 Å². The zero-order chi connectivity index (χ0) is 39.4. The first kappa shape index (κ1) is 33.1. The van der Waals surface area contributed by atoms with Crippen molar-refractivity contribution in [2.75, 3.05) is 0 Å². The Labute approximate surface area is 346 Å². The lowest BCUT2D eigenvalue weighted by Gasteiger charge is -2.30. The van der Waals surface area contributed by atoms with E-state index in [4.69, 9.17) is 14.4 Å². The number of hydrogen-bond donors (Lipinski definition) is 0. The van der Waals surface area contributed by atoms with Gasteiger partial charge in [0.15, 0.2) is 5.82 Å². The summed E-state index contributed by atoms with van der Waals surface area (Å²) in [4.78, 5) is 10.4. The van der Waals surface area contributed by atoms with Crippen LogP contribution in [0.15, 0.2) is 211 Å². The summed E-state index contributed by atoms with van der Waals surface area (Å²) < 4.78 is 6.32. The van der Waals surface area contributed by atoms with Crippen molar-refractivity contribution >= 4 is 32.7 Å². The Bertz CT molecular complexity index is 3560. The highest BCUT2D eigenvalue weighted by molar-refractivity contribution is 6.08. The molecular formula is C57H34N2O. The quantitative estimate of drug-likeness (QED) is 0.179. The molecule has 3 nitrogen and oxygen atoms in total. The van der Waals surface area contributed by atoms with Crippen LogP contribution in [0, 0.1) is 0 Å². The number of fused-ring (bicyclic) bond motifs is 15. The summed E-state index contributed by atoms with van der Waals surface area (Å²) in [6, 6.07) is 74.4. The first-order valence-electron chi connectivity index (χ1n) is 20.6. The third-order valence-electron chi connectivity index (χ3n) is 12.9. The van der Waals surface area contributed by atoms with Crippen LogP contribution in [0.1, 0.15) is 22.3 Å². The predicted molar refractivity (Wildman–Crippen MR) is 245 cm³/mol. The van der Waals surface area contributed by atoms with Crippen LogP contribution in [0.3, 0.4) is 0 Å². The molecule has 2 aliphatic rings. The van der Waals surface area contributed by atoms with Gasteiger partial charge in [0.25, 0.3) is 0 Å². The topological polar surface area (TPSA) is 38.9 Å². The highest BCUT2D eigenvalue weighted by Gasteiger charge is 2.52. The normalized spacial score (nSPS) is 14.7. The average molecular weight is 763 g/mol. The maximum Gasteiger partial charge on any atom is 0.160 e. The summed E-state index contributed by atoms with van der Waals surface area (Å²) >= 11 is 0. The lowest BCUT2D eigenvalue weighted by Crippen LogP contribution is -2.25. The van der Waals surface area contributed by atoms with Crippen molar-refractivity contribution in [1.82, 2.24) is 9.97 Å². The van der Waals surface area contributed by atoms with E-state index in [-0.39, 0.29) is 0 Å². The molecule has 278 valence electrons. The Morgan fingerprint density at radius 1 is 0.333 bits per heavy atom. The summed E-state index contributed by atoms with van der Waals surface area (Å²) in [5, 5.41) is 4.76. The highest BCUT2D eigenvalue weighted by Crippen LogP contribution is 2.64. The number of aromatic nitrogens is 2. The molecule has 0 saturated heterocycles. The van der Waals surface area contributed by atoms with E-state index < -0.39 is 5.41 Å². The molecule has 0 aliphatic heterocycles. The SMILES string of the molecule is c1ccc(-c2nc(-c3cccc(-c4cccc5c4-c4ccccc4C54c5ccccc5-c5c4ccc4ccccc54)c3)cc(-c3ccc4c(c3)oc3ccccc34)n2)cc1. The van der Waals surface area contributed by atoms with Crippen molar-refractivity contribution in [2.24, 2.45) is 0 Å². The Kier molecular flexibility index (Phi) is 6.93. The molecule has 1 spiro atoms. The van der Waals surface area contributed by atoms with E-state index in [9.17, 15) is 0 Å². The van der Waals surface area contributed by atoms with E-state index in [0.29, 0.717) is 5.82 Å². The Hall–Kier alpha value is -7.88. The molecule has 60 heavy (non-hydrogen) atoms. The highest BCUT2D eigenvalue weighted by atomic mass is 16.3. The van der Waals surface area contributed by atoms with Crippen molar-refractivity contribution < 1.29 is 4.42 Å². The van der Waals surface area contributed by atoms with Gasteiger partial charge in [-0.05, 0) is 96.7 Å². The molecule has 2 aromatic heterocycles. The van der Waals surface area contributed by atoms with Gasteiger partial charge in [-0.25, -0.2) is 9.97 Å². The molecule has 0 saturated carbocycles. The second kappa shape index (κ2) is 12.6. The van der Waals surface area contributed by atoms with E-state index in [2.05, 4.69) is 176 Å². The van der Waals surface area contributed by atoms with Gasteiger partial charge in [0.05, 0.1) is 16.8 Å². The number of furan rings is 1. The summed E-state index contributed by atoms with van der Waals surface area (Å²) in [6.45, 7) is 0. The molecule has 0 bridgehead atoms. The van der Waals surface area contributed by atoms with Crippen molar-refractivity contribution in [2.45, 2.75) is 5.41 Å². The van der Waals surface area contributed by atoms with E-state index in [1.165, 1.54) is 60.8 Å². The predicted octanol–water partition coefficient (Wildman–Crippen LogP) is 14.5. The minimum Gasteiger partial charge on any atom is -0.456 e. The monoisotopic (exact) mass is 762 g/mol. The third kappa shape index (κ3) is 4.60. The number of para-hydroxylation sites is 1. The van der Waals surface area contributed by atoms with Gasteiger partial charge in [-0.15, -0.1) is 0 Å². The fraction of sp³-hybridized carbons (Fsp3) is 0.0175. The zero-order valence-electron chi connectivity index (χ0n) is 32.4. The Morgan fingerprint density at radius 2 is 0.917 bits per heavy atom. The molecule has 0 amide bonds. The summed E-state index contributed by atoms with van der Waals surface area (Å²) in [5.41, 5.74) is 18.9. The van der Waals surface area contributed by atoms with E-state index >= 15 is 0 Å². The summed E-state index contributed by atoms with van der Waals surface area (Å²) in [7, 11) is 0. The first-order chi connectivity index (χ1) is 29.7. The van der Waals surface area contributed by atoms with Crippen molar-refractivity contribution in [1.29, 1.82) is 0 Å². The van der Waals surface area contributed by atoms with Gasteiger partial charge in [0.2, 0.25) is 0 Å². The van der Waals surface area contributed by atoms with Gasteiger partial charge in [-0.1, -0.05) is 176 Å². The van der Waals surface area contributed by atoms with Gasteiger partial charge in [-0.2, -0.15) is 0 Å². The van der Waals surface area contributed by atoms with Gasteiger partial charge < -0.3 is 4.42 Å². The molecule has 9 aromatic carbocycles. The minimum absolute atomic E-state index is 0.442. The van der Waals surface area contributed by atoms with E-state index in [1.54, 1.807) is 0 Å². The molecular weight excluding hydrogens is 729 g/mol. The van der Waals surface area contributed by atoms with Crippen LogP contribution >= 0.6 is 0 Å². The van der Waals surface area contributed by atoms with Crippen molar-refractivity contribution in [3.8, 4) is 67.3 Å². The van der Waals surface area contributed by atoms with Gasteiger partial charge in [0.1, 0.15) is 11.2 Å². The summed E-state index contributed by atoms with van der Waals surface area (Å²) in [5.74, 6) is 0.681. The Morgan fingerprint density at radius 3 is 1.75 bits per heavy atom. The number of nitrogens with zero attached hydrogens (tertiary/aromatic N) is 2. The van der Waals surface area contributed by atoms with Gasteiger partial charge >= 0.3 is 0 Å². The van der Waals surface area contributed by atoms with Crippen LogP contribution in [0.2, 0.25) is 0 Å². The van der Waals surface area contributed by atoms with Crippen LogP contribution in [0.4, 0.5) is 0 Å². The maximum atomic E-state index is 6.32. The lowest BCUT2D eigenvalue weighted by molar-refractivity contribution is 0.669. The molecule has 2 aliphatic carbocycles. The van der Waals surface area contributed by atoms with Crippen LogP contribution in [0.25, 0.3) is 100.0 Å². The largest absolute Gasteiger partial charge is 0.456 e. The van der Waals surface area contributed by atoms with Crippen LogP contribution in [-0.2, 0) is 5.41 Å². The molecule has 0 radical (unpaired) electrons. The van der Waals surface area contributed by atoms with Crippen LogP contribution in [-0.4, -0.2) is 9.97 Å². The number of benzene rings is 9. The molecule has 2 heterocycles. The Balaban J connectivity index is 1.00. The van der Waals surface area contributed by atoms with Gasteiger partial charge in [0, 0.05) is 27.5 Å². The molecule has 13 rings (SSSR count). The van der Waals surface area contributed by atoms with E-state index in [1.807, 2.05) is 30.3 Å². The second-order valence-electron chi connectivity index (χ2n) is 16.0. The third-order valence-corrected chi connectivity index (χ3v) is 12.9. The minimum atomic E-state index is -0.442. The number of rotatable bonds is 4. The molecule has 1 atom stereocenters. The number of hydrogen-bond acceptors (Lipinski definition) is 3. The second-order valence-corrected chi connectivity index (χ2v) is 16.0. The smallest absolute Gasteiger partial charge is 0.160 e. The molecule has 0 fully saturated rings. The zero-order valence-corrected chi connectivity index (χ0v) is 32.4. The van der Waals surface area contributed by atoms with Crippen molar-refractivity contribution in [3.05, 3.63) is 229 Å².